The van der Waals surface area contributed by atoms with Gasteiger partial charge in [-0.3, -0.25) is 0 Å². The van der Waals surface area contributed by atoms with Crippen molar-refractivity contribution in [1.29, 1.82) is 0 Å². The van der Waals surface area contributed by atoms with E-state index in [4.69, 9.17) is 21.8 Å². The second-order valence-electron chi connectivity index (χ2n) is 5.06. The van der Waals surface area contributed by atoms with Crippen molar-refractivity contribution in [2.45, 2.75) is 5.92 Å². The molecule has 0 bridgehead atoms. The van der Waals surface area contributed by atoms with Gasteiger partial charge in [0.2, 0.25) is 0 Å². The Bertz CT molecular complexity index is 801. The molecule has 2 N–H and O–H groups in total. The third-order valence-corrected chi connectivity index (χ3v) is 3.81. The van der Waals surface area contributed by atoms with E-state index in [1.807, 2.05) is 0 Å². The summed E-state index contributed by atoms with van der Waals surface area (Å²) in [4.78, 5) is 4.20. The largest absolute Gasteiger partial charge is 0.443 e. The first-order chi connectivity index (χ1) is 11.1. The van der Waals surface area contributed by atoms with Crippen LogP contribution in [0.2, 0.25) is 5.02 Å². The van der Waals surface area contributed by atoms with Crippen molar-refractivity contribution in [1.82, 2.24) is 4.98 Å². The summed E-state index contributed by atoms with van der Waals surface area (Å²) >= 11 is 5.88. The first-order valence-corrected chi connectivity index (χ1v) is 7.31. The summed E-state index contributed by atoms with van der Waals surface area (Å²) in [5, 5.41) is 0.595. The fraction of sp³-hybridized carbons (Fsp3) is 0.118. The average Bonchev–Trinajstić information content (AvgIpc) is 2.97. The van der Waals surface area contributed by atoms with Crippen LogP contribution in [0.3, 0.4) is 0 Å². The fourth-order valence-corrected chi connectivity index (χ4v) is 2.63. The van der Waals surface area contributed by atoms with Gasteiger partial charge in [0.1, 0.15) is 11.6 Å². The number of nitrogens with two attached hydrogens (primary N) is 1. The number of nitrogens with zero attached hydrogens (tertiary/aromatic N) is 1. The Morgan fingerprint density at radius 3 is 2.29 bits per heavy atom. The van der Waals surface area contributed by atoms with Crippen LogP contribution in [-0.4, -0.2) is 11.5 Å². The van der Waals surface area contributed by atoms with Crippen molar-refractivity contribution in [3.63, 3.8) is 0 Å². The van der Waals surface area contributed by atoms with E-state index in [0.29, 0.717) is 22.0 Å². The number of hydrogen-bond acceptors (Lipinski definition) is 3. The van der Waals surface area contributed by atoms with Crippen molar-refractivity contribution < 1.29 is 13.2 Å². The van der Waals surface area contributed by atoms with Crippen LogP contribution in [0.4, 0.5) is 8.78 Å². The summed E-state index contributed by atoms with van der Waals surface area (Å²) in [6.45, 7) is 0.135. The van der Waals surface area contributed by atoms with E-state index < -0.39 is 17.6 Å². The topological polar surface area (TPSA) is 52.0 Å². The zero-order valence-electron chi connectivity index (χ0n) is 12.4. The molecule has 1 aromatic heterocycles. The molecule has 3 rings (SSSR count). The summed E-state index contributed by atoms with van der Waals surface area (Å²) in [6, 6.07) is 10.3. The van der Waals surface area contributed by atoms with Gasteiger partial charge in [-0.2, -0.15) is 0 Å². The van der Waals surface area contributed by atoms with Crippen LogP contribution in [0.25, 0.3) is 11.3 Å². The average molecular weight is 371 g/mol. The van der Waals surface area contributed by atoms with Crippen LogP contribution in [0, 0.1) is 11.6 Å². The second kappa shape index (κ2) is 7.75. The van der Waals surface area contributed by atoms with Gasteiger partial charge in [-0.25, -0.2) is 13.8 Å². The van der Waals surface area contributed by atoms with Gasteiger partial charge < -0.3 is 10.2 Å². The number of oxazole rings is 1. The molecule has 0 aliphatic heterocycles. The first-order valence-electron chi connectivity index (χ1n) is 6.94. The van der Waals surface area contributed by atoms with E-state index in [1.54, 1.807) is 24.3 Å². The van der Waals surface area contributed by atoms with Gasteiger partial charge in [0.05, 0.1) is 5.69 Å². The zero-order valence-corrected chi connectivity index (χ0v) is 14.0. The smallest absolute Gasteiger partial charge is 0.181 e. The Morgan fingerprint density at radius 2 is 1.71 bits per heavy atom. The lowest BCUT2D eigenvalue weighted by molar-refractivity contribution is 0.568. The molecule has 24 heavy (non-hydrogen) atoms. The maximum absolute atomic E-state index is 13.5. The van der Waals surface area contributed by atoms with Crippen LogP contribution >= 0.6 is 24.0 Å². The Kier molecular flexibility index (Phi) is 5.94. The lowest BCUT2D eigenvalue weighted by Gasteiger charge is -2.14. The molecule has 3 aromatic rings. The molecule has 3 nitrogen and oxygen atoms in total. The van der Waals surface area contributed by atoms with Crippen molar-refractivity contribution in [3.8, 4) is 11.3 Å². The quantitative estimate of drug-likeness (QED) is 0.718. The molecule has 1 heterocycles. The third kappa shape index (κ3) is 3.75. The predicted octanol–water partition coefficient (Wildman–Crippen LogP) is 4.79. The highest BCUT2D eigenvalue weighted by atomic mass is 35.5. The number of rotatable bonds is 4. The van der Waals surface area contributed by atoms with Crippen LogP contribution in [0.5, 0.6) is 0 Å². The number of halogens is 4. The standard InChI is InChI=1S/C17H13ClF2N2O.ClH/c18-12-3-1-10(2-4-12)17-16(22-9-23-17)15(8-21)11-5-13(19)7-14(20)6-11;/h1-7,9,15H,8,21H2;1H. The van der Waals surface area contributed by atoms with Gasteiger partial charge in [-0.1, -0.05) is 11.6 Å². The summed E-state index contributed by atoms with van der Waals surface area (Å²) in [5.74, 6) is -1.30. The molecule has 0 saturated carbocycles. The maximum Gasteiger partial charge on any atom is 0.181 e. The minimum absolute atomic E-state index is 0. The van der Waals surface area contributed by atoms with E-state index in [-0.39, 0.29) is 19.0 Å². The first kappa shape index (κ1) is 18.4. The van der Waals surface area contributed by atoms with Gasteiger partial charge in [-0.15, -0.1) is 12.4 Å². The van der Waals surface area contributed by atoms with E-state index in [1.165, 1.54) is 18.5 Å². The molecule has 0 amide bonds. The van der Waals surface area contributed by atoms with Crippen LogP contribution < -0.4 is 5.73 Å². The number of hydrogen-bond donors (Lipinski definition) is 1. The van der Waals surface area contributed by atoms with Gasteiger partial charge in [0.15, 0.2) is 12.2 Å². The lowest BCUT2D eigenvalue weighted by atomic mass is 9.93. The van der Waals surface area contributed by atoms with Crippen LogP contribution in [0.1, 0.15) is 17.2 Å². The molecule has 0 spiro atoms. The Hall–Kier alpha value is -1.95. The summed E-state index contributed by atoms with van der Waals surface area (Å²) in [5.41, 5.74) is 7.52. The normalized spacial score (nSPS) is 11.8. The molecule has 2 aromatic carbocycles. The Balaban J connectivity index is 0.00000208. The van der Waals surface area contributed by atoms with Crippen molar-refractivity contribution >= 4 is 24.0 Å². The summed E-state index contributed by atoms with van der Waals surface area (Å²) in [7, 11) is 0. The SMILES string of the molecule is Cl.NCC(c1cc(F)cc(F)c1)c1ncoc1-c1ccc(Cl)cc1. The van der Waals surface area contributed by atoms with Crippen LogP contribution in [0.15, 0.2) is 53.3 Å². The van der Waals surface area contributed by atoms with Gasteiger partial charge in [0, 0.05) is 29.1 Å². The molecule has 7 heteroatoms. The highest BCUT2D eigenvalue weighted by Gasteiger charge is 2.22. The minimum Gasteiger partial charge on any atom is -0.443 e. The molecule has 0 radical (unpaired) electrons. The number of aromatic nitrogens is 1. The van der Waals surface area contributed by atoms with Gasteiger partial charge in [0.25, 0.3) is 0 Å². The highest BCUT2D eigenvalue weighted by molar-refractivity contribution is 6.30. The molecule has 0 aliphatic rings. The van der Waals surface area contributed by atoms with E-state index in [2.05, 4.69) is 4.98 Å². The lowest BCUT2D eigenvalue weighted by Crippen LogP contribution is -2.15. The minimum atomic E-state index is -0.657. The maximum atomic E-state index is 13.5. The fourth-order valence-electron chi connectivity index (χ4n) is 2.50. The molecular formula is C17H14Cl2F2N2O. The summed E-state index contributed by atoms with van der Waals surface area (Å²) in [6.07, 6.45) is 1.29. The van der Waals surface area contributed by atoms with Crippen molar-refractivity contribution in [2.75, 3.05) is 6.54 Å². The van der Waals surface area contributed by atoms with Crippen LogP contribution in [-0.2, 0) is 0 Å². The van der Waals surface area contributed by atoms with Gasteiger partial charge in [-0.05, 0) is 42.0 Å². The molecule has 0 saturated heterocycles. The van der Waals surface area contributed by atoms with Crippen molar-refractivity contribution in [3.05, 3.63) is 76.8 Å². The molecule has 1 atom stereocenters. The Labute approximate surface area is 148 Å². The number of benzene rings is 2. The zero-order chi connectivity index (χ0) is 16.4. The van der Waals surface area contributed by atoms with E-state index in [0.717, 1.165) is 11.6 Å². The third-order valence-electron chi connectivity index (χ3n) is 3.55. The molecule has 126 valence electrons. The van der Waals surface area contributed by atoms with E-state index >= 15 is 0 Å². The molecule has 0 aliphatic carbocycles. The van der Waals surface area contributed by atoms with Crippen molar-refractivity contribution in [2.24, 2.45) is 5.73 Å². The molecule has 0 fully saturated rings. The Morgan fingerprint density at radius 1 is 1.08 bits per heavy atom. The predicted molar refractivity (Wildman–Crippen MR) is 91.5 cm³/mol. The second-order valence-corrected chi connectivity index (χ2v) is 5.50. The molecule has 1 unspecified atom stereocenters. The van der Waals surface area contributed by atoms with Gasteiger partial charge >= 0.3 is 0 Å². The van der Waals surface area contributed by atoms with E-state index in [9.17, 15) is 8.78 Å². The highest BCUT2D eigenvalue weighted by Crippen LogP contribution is 2.33. The summed E-state index contributed by atoms with van der Waals surface area (Å²) < 4.78 is 32.4. The molecular weight excluding hydrogens is 357 g/mol. The monoisotopic (exact) mass is 370 g/mol.